The predicted octanol–water partition coefficient (Wildman–Crippen LogP) is 4.48. The van der Waals surface area contributed by atoms with E-state index >= 15 is 0 Å². The molecule has 0 saturated carbocycles. The molecule has 2 aromatic carbocycles. The molecule has 0 fully saturated rings. The van der Waals surface area contributed by atoms with Crippen molar-refractivity contribution in [2.75, 3.05) is 12.4 Å². The maximum atomic E-state index is 13.8. The normalized spacial score (nSPS) is 19.8. The number of nitrogens with one attached hydrogen (secondary N) is 2. The van der Waals surface area contributed by atoms with Crippen LogP contribution in [0.4, 0.5) is 10.1 Å². The molecule has 2 N–H and O–H groups in total. The highest BCUT2D eigenvalue weighted by molar-refractivity contribution is 6.04. The van der Waals surface area contributed by atoms with Gasteiger partial charge in [0.25, 0.3) is 5.91 Å². The molecule has 2 heterocycles. The zero-order chi connectivity index (χ0) is 20.6. The standard InChI is InChI=1S/C23H22FN3O2/c1-15-10-11-23(2)26-20(14-27(23)13-15)16-4-7-18(8-5-16)25-22(28)17-6-9-21(29-3)19(24)12-17/h4-14,26H,1-3H3,(H,25,28). The summed E-state index contributed by atoms with van der Waals surface area (Å²) < 4.78 is 18.7. The van der Waals surface area contributed by atoms with Crippen LogP contribution in [0.15, 0.2) is 72.6 Å². The van der Waals surface area contributed by atoms with Crippen molar-refractivity contribution in [3.05, 3.63) is 89.5 Å². The SMILES string of the molecule is COc1ccc(C(=O)Nc2ccc(C3=CN4C=C(C)C=CC4(C)N3)cc2)cc1F. The number of benzene rings is 2. The first-order chi connectivity index (χ1) is 13.9. The number of ether oxygens (including phenoxy) is 1. The summed E-state index contributed by atoms with van der Waals surface area (Å²) in [7, 11) is 1.38. The minimum Gasteiger partial charge on any atom is -0.494 e. The molecule has 1 atom stereocenters. The number of carbonyl (C=O) groups excluding carboxylic acids is 1. The number of hydrogen-bond acceptors (Lipinski definition) is 4. The summed E-state index contributed by atoms with van der Waals surface area (Å²) in [6.45, 7) is 4.17. The second kappa shape index (κ2) is 7.13. The van der Waals surface area contributed by atoms with Gasteiger partial charge >= 0.3 is 0 Å². The van der Waals surface area contributed by atoms with Crippen molar-refractivity contribution in [1.29, 1.82) is 0 Å². The number of carbonyl (C=O) groups is 1. The van der Waals surface area contributed by atoms with Crippen LogP contribution in [0.2, 0.25) is 0 Å². The Balaban J connectivity index is 1.47. The smallest absolute Gasteiger partial charge is 0.255 e. The first-order valence-corrected chi connectivity index (χ1v) is 9.29. The third-order valence-electron chi connectivity index (χ3n) is 5.07. The number of allylic oxidation sites excluding steroid dienone is 2. The average molecular weight is 391 g/mol. The van der Waals surface area contributed by atoms with Crippen molar-refractivity contribution in [1.82, 2.24) is 10.2 Å². The van der Waals surface area contributed by atoms with Gasteiger partial charge in [0.15, 0.2) is 11.6 Å². The lowest BCUT2D eigenvalue weighted by Crippen LogP contribution is -2.46. The first kappa shape index (κ1) is 18.8. The molecule has 0 radical (unpaired) electrons. The number of anilines is 1. The Kier molecular flexibility index (Phi) is 4.62. The summed E-state index contributed by atoms with van der Waals surface area (Å²) in [4.78, 5) is 14.5. The van der Waals surface area contributed by atoms with E-state index in [9.17, 15) is 9.18 Å². The van der Waals surface area contributed by atoms with Gasteiger partial charge in [-0.15, -0.1) is 0 Å². The second-order valence-corrected chi connectivity index (χ2v) is 7.31. The van der Waals surface area contributed by atoms with E-state index in [0.29, 0.717) is 5.69 Å². The Morgan fingerprint density at radius 1 is 1.17 bits per heavy atom. The Labute approximate surface area is 169 Å². The Morgan fingerprint density at radius 3 is 2.62 bits per heavy atom. The zero-order valence-corrected chi connectivity index (χ0v) is 16.5. The molecule has 1 amide bonds. The lowest BCUT2D eigenvalue weighted by molar-refractivity contribution is 0.102. The summed E-state index contributed by atoms with van der Waals surface area (Å²) in [6, 6.07) is 11.6. The van der Waals surface area contributed by atoms with Crippen LogP contribution < -0.4 is 15.4 Å². The van der Waals surface area contributed by atoms with E-state index in [-0.39, 0.29) is 22.9 Å². The van der Waals surface area contributed by atoms with E-state index in [1.54, 1.807) is 0 Å². The molecule has 0 saturated heterocycles. The summed E-state index contributed by atoms with van der Waals surface area (Å²) >= 11 is 0. The topological polar surface area (TPSA) is 53.6 Å². The highest BCUT2D eigenvalue weighted by Gasteiger charge is 2.34. The van der Waals surface area contributed by atoms with Crippen LogP contribution in [-0.4, -0.2) is 23.6 Å². The molecule has 0 bridgehead atoms. The van der Waals surface area contributed by atoms with Crippen molar-refractivity contribution >= 4 is 17.3 Å². The molecule has 2 aliphatic heterocycles. The van der Waals surface area contributed by atoms with Crippen LogP contribution in [0, 0.1) is 5.82 Å². The summed E-state index contributed by atoms with van der Waals surface area (Å²) in [5.74, 6) is -0.848. The van der Waals surface area contributed by atoms with E-state index in [4.69, 9.17) is 4.74 Å². The van der Waals surface area contributed by atoms with E-state index < -0.39 is 5.82 Å². The number of halogens is 1. The molecule has 29 heavy (non-hydrogen) atoms. The summed E-state index contributed by atoms with van der Waals surface area (Å²) in [6.07, 6.45) is 8.40. The molecule has 5 nitrogen and oxygen atoms in total. The fourth-order valence-electron chi connectivity index (χ4n) is 3.39. The zero-order valence-electron chi connectivity index (χ0n) is 16.5. The first-order valence-electron chi connectivity index (χ1n) is 9.29. The molecule has 1 unspecified atom stereocenters. The van der Waals surface area contributed by atoms with Gasteiger partial charge in [0.2, 0.25) is 0 Å². The number of hydrogen-bond donors (Lipinski definition) is 2. The van der Waals surface area contributed by atoms with Crippen LogP contribution in [0.3, 0.4) is 0 Å². The molecular weight excluding hydrogens is 369 g/mol. The largest absolute Gasteiger partial charge is 0.494 e. The maximum absolute atomic E-state index is 13.8. The third kappa shape index (κ3) is 3.61. The van der Waals surface area contributed by atoms with Gasteiger partial charge in [-0.3, -0.25) is 4.79 Å². The van der Waals surface area contributed by atoms with Gasteiger partial charge in [-0.2, -0.15) is 0 Å². The monoisotopic (exact) mass is 391 g/mol. The van der Waals surface area contributed by atoms with Crippen LogP contribution in [0.25, 0.3) is 5.70 Å². The van der Waals surface area contributed by atoms with Crippen molar-refractivity contribution in [3.63, 3.8) is 0 Å². The number of methoxy groups -OCH3 is 1. The lowest BCUT2D eigenvalue weighted by Gasteiger charge is -2.34. The van der Waals surface area contributed by atoms with E-state index in [1.807, 2.05) is 24.3 Å². The highest BCUT2D eigenvalue weighted by Crippen LogP contribution is 2.32. The molecule has 2 aromatic rings. The number of nitrogens with zero attached hydrogens (tertiary/aromatic N) is 1. The second-order valence-electron chi connectivity index (χ2n) is 7.31. The van der Waals surface area contributed by atoms with E-state index in [0.717, 1.165) is 17.3 Å². The maximum Gasteiger partial charge on any atom is 0.255 e. The van der Waals surface area contributed by atoms with Gasteiger partial charge in [0.1, 0.15) is 5.66 Å². The van der Waals surface area contributed by atoms with Gasteiger partial charge in [-0.05, 0) is 61.4 Å². The fraction of sp³-hybridized carbons (Fsp3) is 0.174. The van der Waals surface area contributed by atoms with Gasteiger partial charge in [0, 0.05) is 23.7 Å². The average Bonchev–Trinajstić information content (AvgIpc) is 3.05. The van der Waals surface area contributed by atoms with Crippen molar-refractivity contribution in [2.45, 2.75) is 19.5 Å². The van der Waals surface area contributed by atoms with Crippen LogP contribution in [-0.2, 0) is 0 Å². The molecule has 0 aliphatic carbocycles. The summed E-state index contributed by atoms with van der Waals surface area (Å²) in [5.41, 5.74) is 3.78. The van der Waals surface area contributed by atoms with Gasteiger partial charge in [0.05, 0.1) is 12.8 Å². The minimum absolute atomic E-state index is 0.105. The Bertz CT molecular complexity index is 1060. The lowest BCUT2D eigenvalue weighted by atomic mass is 10.1. The van der Waals surface area contributed by atoms with Gasteiger partial charge < -0.3 is 20.3 Å². The highest BCUT2D eigenvalue weighted by atomic mass is 19.1. The molecular formula is C23H22FN3O2. The van der Waals surface area contributed by atoms with Gasteiger partial charge in [-0.1, -0.05) is 18.2 Å². The van der Waals surface area contributed by atoms with Crippen molar-refractivity contribution in [2.24, 2.45) is 0 Å². The molecule has 6 heteroatoms. The Morgan fingerprint density at radius 2 is 1.93 bits per heavy atom. The van der Waals surface area contributed by atoms with Crippen LogP contribution >= 0.6 is 0 Å². The number of rotatable bonds is 4. The van der Waals surface area contributed by atoms with Crippen LogP contribution in [0.5, 0.6) is 5.75 Å². The molecule has 4 rings (SSSR count). The summed E-state index contributed by atoms with van der Waals surface area (Å²) in [5, 5.41) is 6.31. The number of fused-ring (bicyclic) bond motifs is 1. The molecule has 0 spiro atoms. The van der Waals surface area contributed by atoms with Crippen molar-refractivity contribution in [3.8, 4) is 5.75 Å². The minimum atomic E-state index is -0.571. The quantitative estimate of drug-likeness (QED) is 0.807. The third-order valence-corrected chi connectivity index (χ3v) is 5.07. The van der Waals surface area contributed by atoms with Crippen molar-refractivity contribution < 1.29 is 13.9 Å². The number of amides is 1. The van der Waals surface area contributed by atoms with Crippen LogP contribution in [0.1, 0.15) is 29.8 Å². The van der Waals surface area contributed by atoms with E-state index in [1.165, 1.54) is 24.8 Å². The van der Waals surface area contributed by atoms with E-state index in [2.05, 4.69) is 53.9 Å². The van der Waals surface area contributed by atoms with Gasteiger partial charge in [-0.25, -0.2) is 4.39 Å². The molecule has 148 valence electrons. The molecule has 2 aliphatic rings. The Hall–Kier alpha value is -3.54. The molecule has 0 aromatic heterocycles. The fourth-order valence-corrected chi connectivity index (χ4v) is 3.39. The predicted molar refractivity (Wildman–Crippen MR) is 112 cm³/mol.